The van der Waals surface area contributed by atoms with Crippen molar-refractivity contribution in [2.24, 2.45) is 0 Å². The van der Waals surface area contributed by atoms with Gasteiger partial charge in [-0.25, -0.2) is 0 Å². The van der Waals surface area contributed by atoms with Gasteiger partial charge in [-0.2, -0.15) is 0 Å². The maximum absolute atomic E-state index is 5.23. The lowest BCUT2D eigenvalue weighted by Crippen LogP contribution is -2.26. The molecule has 1 N–H and O–H groups in total. The van der Waals surface area contributed by atoms with Crippen LogP contribution in [0.3, 0.4) is 0 Å². The molecular formula is C15H25NO. The summed E-state index contributed by atoms with van der Waals surface area (Å²) in [5.74, 6) is 0. The smallest absolute Gasteiger partial charge is 0.0663 e. The van der Waals surface area contributed by atoms with E-state index in [1.54, 1.807) is 7.11 Å². The van der Waals surface area contributed by atoms with Crippen LogP contribution >= 0.6 is 0 Å². The van der Waals surface area contributed by atoms with Gasteiger partial charge in [0.15, 0.2) is 0 Å². The van der Waals surface area contributed by atoms with Gasteiger partial charge in [-0.3, -0.25) is 0 Å². The molecule has 0 saturated heterocycles. The Hall–Kier alpha value is -1.02. The minimum absolute atomic E-state index is 0.162. The highest BCUT2D eigenvalue weighted by atomic mass is 16.5. The first-order valence-electron chi connectivity index (χ1n) is 6.34. The van der Waals surface area contributed by atoms with Crippen LogP contribution in [-0.4, -0.2) is 19.8 Å². The number of hydrogen-bond acceptors (Lipinski definition) is 2. The van der Waals surface area contributed by atoms with Gasteiger partial charge in [0.25, 0.3) is 0 Å². The molecule has 1 unspecified atom stereocenters. The van der Waals surface area contributed by atoms with Crippen LogP contribution in [0.25, 0.3) is 0 Å². The Labute approximate surface area is 105 Å². The predicted octanol–water partition coefficient (Wildman–Crippen LogP) is 3.82. The standard InChI is InChI=1S/C15H25NO/c1-6-12(11-17-5)16-14-10-8-7-9-13(14)15(2,3)4/h7-10,12,16H,6,11H2,1-5H3. The second kappa shape index (κ2) is 6.06. The van der Waals surface area contributed by atoms with Crippen LogP contribution in [0.5, 0.6) is 0 Å². The number of nitrogens with one attached hydrogen (secondary N) is 1. The van der Waals surface area contributed by atoms with E-state index in [4.69, 9.17) is 4.74 Å². The zero-order valence-corrected chi connectivity index (χ0v) is 11.7. The predicted molar refractivity (Wildman–Crippen MR) is 74.7 cm³/mol. The molecule has 2 nitrogen and oxygen atoms in total. The number of benzene rings is 1. The lowest BCUT2D eigenvalue weighted by Gasteiger charge is -2.26. The Morgan fingerprint density at radius 2 is 1.88 bits per heavy atom. The van der Waals surface area contributed by atoms with Crippen molar-refractivity contribution in [3.63, 3.8) is 0 Å². The average Bonchev–Trinajstić information content (AvgIpc) is 2.27. The van der Waals surface area contributed by atoms with Crippen molar-refractivity contribution < 1.29 is 4.74 Å². The van der Waals surface area contributed by atoms with Gasteiger partial charge in [0.2, 0.25) is 0 Å². The van der Waals surface area contributed by atoms with E-state index in [1.165, 1.54) is 11.3 Å². The summed E-state index contributed by atoms with van der Waals surface area (Å²) >= 11 is 0. The summed E-state index contributed by atoms with van der Waals surface area (Å²) in [6.45, 7) is 9.64. The van der Waals surface area contributed by atoms with Crippen molar-refractivity contribution in [3.05, 3.63) is 29.8 Å². The lowest BCUT2D eigenvalue weighted by molar-refractivity contribution is 0.184. The molecule has 0 aromatic heterocycles. The molecule has 96 valence electrons. The fourth-order valence-electron chi connectivity index (χ4n) is 1.95. The molecule has 0 saturated carbocycles. The summed E-state index contributed by atoms with van der Waals surface area (Å²) in [7, 11) is 1.75. The summed E-state index contributed by atoms with van der Waals surface area (Å²) in [5.41, 5.74) is 2.74. The molecule has 0 radical (unpaired) electrons. The van der Waals surface area contributed by atoms with Crippen molar-refractivity contribution in [2.75, 3.05) is 19.0 Å². The van der Waals surface area contributed by atoms with E-state index >= 15 is 0 Å². The fourth-order valence-corrected chi connectivity index (χ4v) is 1.95. The highest BCUT2D eigenvalue weighted by Crippen LogP contribution is 2.29. The molecule has 0 amide bonds. The van der Waals surface area contributed by atoms with Crippen LogP contribution in [0.1, 0.15) is 39.7 Å². The molecule has 0 heterocycles. The maximum atomic E-state index is 5.23. The first kappa shape index (κ1) is 14.0. The Bertz CT molecular complexity index is 341. The third-order valence-corrected chi connectivity index (χ3v) is 2.96. The molecule has 0 aliphatic heterocycles. The van der Waals surface area contributed by atoms with Gasteiger partial charge < -0.3 is 10.1 Å². The Kier molecular flexibility index (Phi) is 5.01. The van der Waals surface area contributed by atoms with Gasteiger partial charge in [0.05, 0.1) is 6.61 Å². The summed E-state index contributed by atoms with van der Waals surface area (Å²) in [6, 6.07) is 8.91. The van der Waals surface area contributed by atoms with E-state index in [9.17, 15) is 0 Å². The molecule has 0 bridgehead atoms. The number of hydrogen-bond donors (Lipinski definition) is 1. The second-order valence-electron chi connectivity index (χ2n) is 5.50. The van der Waals surface area contributed by atoms with Crippen LogP contribution in [0, 0.1) is 0 Å². The first-order valence-corrected chi connectivity index (χ1v) is 6.34. The third-order valence-electron chi connectivity index (χ3n) is 2.96. The number of rotatable bonds is 5. The van der Waals surface area contributed by atoms with Gasteiger partial charge in [-0.1, -0.05) is 45.9 Å². The van der Waals surface area contributed by atoms with E-state index in [-0.39, 0.29) is 5.41 Å². The van der Waals surface area contributed by atoms with Gasteiger partial charge >= 0.3 is 0 Å². The highest BCUT2D eigenvalue weighted by molar-refractivity contribution is 5.54. The maximum Gasteiger partial charge on any atom is 0.0663 e. The Balaban J connectivity index is 2.90. The van der Waals surface area contributed by atoms with Crippen molar-refractivity contribution in [2.45, 2.75) is 45.6 Å². The summed E-state index contributed by atoms with van der Waals surface area (Å²) in [6.07, 6.45) is 1.06. The van der Waals surface area contributed by atoms with E-state index in [0.717, 1.165) is 13.0 Å². The largest absolute Gasteiger partial charge is 0.383 e. The number of anilines is 1. The fraction of sp³-hybridized carbons (Fsp3) is 0.600. The zero-order valence-electron chi connectivity index (χ0n) is 11.7. The summed E-state index contributed by atoms with van der Waals surface area (Å²) < 4.78 is 5.23. The van der Waals surface area contributed by atoms with Crippen LogP contribution in [0.15, 0.2) is 24.3 Å². The van der Waals surface area contributed by atoms with Crippen LogP contribution in [-0.2, 0) is 10.2 Å². The molecule has 0 aliphatic rings. The van der Waals surface area contributed by atoms with Crippen LogP contribution in [0.4, 0.5) is 5.69 Å². The minimum Gasteiger partial charge on any atom is -0.383 e. The molecular weight excluding hydrogens is 210 g/mol. The van der Waals surface area contributed by atoms with Crippen molar-refractivity contribution >= 4 is 5.69 Å². The highest BCUT2D eigenvalue weighted by Gasteiger charge is 2.18. The second-order valence-corrected chi connectivity index (χ2v) is 5.50. The van der Waals surface area contributed by atoms with Gasteiger partial charge in [0.1, 0.15) is 0 Å². The summed E-state index contributed by atoms with van der Waals surface area (Å²) in [4.78, 5) is 0. The van der Waals surface area contributed by atoms with Crippen molar-refractivity contribution in [1.29, 1.82) is 0 Å². The molecule has 0 fully saturated rings. The van der Waals surface area contributed by atoms with Gasteiger partial charge in [-0.05, 0) is 23.5 Å². The first-order chi connectivity index (χ1) is 7.99. The molecule has 0 spiro atoms. The molecule has 1 aromatic rings. The zero-order chi connectivity index (χ0) is 12.9. The van der Waals surface area contributed by atoms with Crippen LogP contribution < -0.4 is 5.32 Å². The molecule has 0 aliphatic carbocycles. The van der Waals surface area contributed by atoms with Crippen molar-refractivity contribution in [3.8, 4) is 0 Å². The molecule has 17 heavy (non-hydrogen) atoms. The topological polar surface area (TPSA) is 21.3 Å². The normalized spacial score (nSPS) is 13.5. The quantitative estimate of drug-likeness (QED) is 0.837. The molecule has 2 heteroatoms. The SMILES string of the molecule is CCC(COC)Nc1ccccc1C(C)(C)C. The molecule has 1 aromatic carbocycles. The van der Waals surface area contributed by atoms with Crippen molar-refractivity contribution in [1.82, 2.24) is 0 Å². The Morgan fingerprint density at radius 1 is 1.24 bits per heavy atom. The molecule has 1 rings (SSSR count). The minimum atomic E-state index is 0.162. The van der Waals surface area contributed by atoms with E-state index in [0.29, 0.717) is 6.04 Å². The lowest BCUT2D eigenvalue weighted by atomic mass is 9.85. The molecule has 1 atom stereocenters. The number of ether oxygens (including phenoxy) is 1. The van der Waals surface area contributed by atoms with E-state index < -0.39 is 0 Å². The van der Waals surface area contributed by atoms with Gasteiger partial charge in [-0.15, -0.1) is 0 Å². The number of para-hydroxylation sites is 1. The van der Waals surface area contributed by atoms with Gasteiger partial charge in [0, 0.05) is 18.8 Å². The average molecular weight is 235 g/mol. The van der Waals surface area contributed by atoms with E-state index in [1.807, 2.05) is 0 Å². The van der Waals surface area contributed by atoms with Crippen LogP contribution in [0.2, 0.25) is 0 Å². The number of methoxy groups -OCH3 is 1. The third kappa shape index (κ3) is 4.04. The van der Waals surface area contributed by atoms with E-state index in [2.05, 4.69) is 57.3 Å². The monoisotopic (exact) mass is 235 g/mol. The summed E-state index contributed by atoms with van der Waals surface area (Å²) in [5, 5.41) is 3.58. The Morgan fingerprint density at radius 3 is 2.41 bits per heavy atom.